The first-order valence-corrected chi connectivity index (χ1v) is 12.4. The van der Waals surface area contributed by atoms with Gasteiger partial charge >= 0.3 is 0 Å². The first-order valence-electron chi connectivity index (χ1n) is 10.6. The van der Waals surface area contributed by atoms with Crippen LogP contribution in [0.4, 0.5) is 11.4 Å². The maximum Gasteiger partial charge on any atom is 0.257 e. The van der Waals surface area contributed by atoms with Crippen LogP contribution in [0.2, 0.25) is 10.0 Å². The number of benzene rings is 2. The molecule has 4 rings (SSSR count). The molecule has 0 bridgehead atoms. The molecule has 0 saturated heterocycles. The Morgan fingerprint density at radius 2 is 2.12 bits per heavy atom. The number of nitrogens with one attached hydrogen (secondary N) is 2. The molecule has 2 aliphatic rings. The number of carbonyl (C=O) groups excluding carboxylic acids is 1. The summed E-state index contributed by atoms with van der Waals surface area (Å²) < 4.78 is 0. The summed E-state index contributed by atoms with van der Waals surface area (Å²) in [5, 5.41) is 8.01. The van der Waals surface area contributed by atoms with E-state index in [1.54, 1.807) is 30.0 Å². The smallest absolute Gasteiger partial charge is 0.257 e. The highest BCUT2D eigenvalue weighted by atomic mass is 35.5. The molecule has 0 unspecified atom stereocenters. The van der Waals surface area contributed by atoms with Gasteiger partial charge in [0.15, 0.2) is 0 Å². The van der Waals surface area contributed by atoms with Gasteiger partial charge in [-0.15, -0.1) is 12.3 Å². The van der Waals surface area contributed by atoms with Gasteiger partial charge in [-0.1, -0.05) is 41.0 Å². The first-order chi connectivity index (χ1) is 16.4. The zero-order valence-electron chi connectivity index (χ0n) is 18.6. The highest BCUT2D eigenvalue weighted by Gasteiger charge is 2.29. The Morgan fingerprint density at radius 1 is 1.35 bits per heavy atom. The number of para-hydroxylation sites is 1. The number of terminal acetylenes is 1. The van der Waals surface area contributed by atoms with E-state index in [1.807, 2.05) is 6.07 Å². The van der Waals surface area contributed by atoms with Crippen molar-refractivity contribution in [2.24, 2.45) is 9.98 Å². The average molecular weight is 512 g/mol. The molecule has 9 heteroatoms. The van der Waals surface area contributed by atoms with E-state index in [2.05, 4.69) is 39.3 Å². The van der Waals surface area contributed by atoms with Gasteiger partial charge in [0.05, 0.1) is 21.6 Å². The van der Waals surface area contributed by atoms with Gasteiger partial charge in [0.25, 0.3) is 5.91 Å². The maximum atomic E-state index is 13.1. The van der Waals surface area contributed by atoms with Crippen molar-refractivity contribution in [3.8, 4) is 12.3 Å². The molecule has 0 aromatic heterocycles. The predicted octanol–water partition coefficient (Wildman–Crippen LogP) is 5.25. The topological polar surface area (TPSA) is 69.1 Å². The number of nitrogens with zero attached hydrogens (tertiary/aromatic N) is 3. The molecule has 34 heavy (non-hydrogen) atoms. The number of aliphatic imine (C=N–C) groups is 2. The van der Waals surface area contributed by atoms with Crippen molar-refractivity contribution < 1.29 is 4.79 Å². The fraction of sp³-hybridized carbons (Fsp3) is 0.240. The summed E-state index contributed by atoms with van der Waals surface area (Å²) in [6.45, 7) is 7.09. The Kier molecular flexibility index (Phi) is 7.64. The normalized spacial score (nSPS) is 16.2. The Labute approximate surface area is 213 Å². The largest absolute Gasteiger partial charge is 0.324 e. The van der Waals surface area contributed by atoms with E-state index in [1.165, 1.54) is 22.9 Å². The summed E-state index contributed by atoms with van der Waals surface area (Å²) in [5.74, 6) is 3.15. The summed E-state index contributed by atoms with van der Waals surface area (Å²) >= 11 is 14.0. The van der Waals surface area contributed by atoms with Crippen LogP contribution in [-0.4, -0.2) is 31.0 Å². The molecule has 0 radical (unpaired) electrons. The lowest BCUT2D eigenvalue weighted by Gasteiger charge is -2.29. The van der Waals surface area contributed by atoms with Gasteiger partial charge < -0.3 is 10.6 Å². The average Bonchev–Trinajstić information content (AvgIpc) is 2.83. The Morgan fingerprint density at radius 3 is 2.82 bits per heavy atom. The van der Waals surface area contributed by atoms with Gasteiger partial charge in [0, 0.05) is 24.2 Å². The molecule has 6 nitrogen and oxygen atoms in total. The van der Waals surface area contributed by atoms with Crippen molar-refractivity contribution >= 4 is 64.9 Å². The number of halogens is 2. The number of hydrogen-bond acceptors (Lipinski definition) is 4. The molecule has 174 valence electrons. The van der Waals surface area contributed by atoms with Crippen molar-refractivity contribution in [1.29, 1.82) is 0 Å². The van der Waals surface area contributed by atoms with Crippen molar-refractivity contribution in [3.63, 3.8) is 0 Å². The van der Waals surface area contributed by atoms with Crippen molar-refractivity contribution in [1.82, 2.24) is 5.32 Å². The minimum absolute atomic E-state index is 0.216. The molecule has 1 amide bonds. The van der Waals surface area contributed by atoms with Gasteiger partial charge in [-0.3, -0.25) is 9.69 Å². The zero-order chi connectivity index (χ0) is 24.2. The second kappa shape index (κ2) is 10.7. The van der Waals surface area contributed by atoms with Crippen molar-refractivity contribution in [3.05, 3.63) is 67.7 Å². The number of fused-ring (bicyclic) bond motifs is 1. The van der Waals surface area contributed by atoms with Gasteiger partial charge in [0.1, 0.15) is 5.03 Å². The summed E-state index contributed by atoms with van der Waals surface area (Å²) in [4.78, 5) is 23.3. The number of hydrogen-bond donors (Lipinski definition) is 2. The Bertz CT molecular complexity index is 1240. The summed E-state index contributed by atoms with van der Waals surface area (Å²) in [6, 6.07) is 9.27. The molecule has 2 aliphatic heterocycles. The van der Waals surface area contributed by atoms with Crippen molar-refractivity contribution in [2.75, 3.05) is 22.6 Å². The van der Waals surface area contributed by atoms with Gasteiger partial charge in [0.2, 0.25) is 5.96 Å². The maximum absolute atomic E-state index is 13.1. The van der Waals surface area contributed by atoms with Crippen LogP contribution in [0.25, 0.3) is 0 Å². The molecular formula is C25H23Cl2N5OS. The number of guanidine groups is 1. The summed E-state index contributed by atoms with van der Waals surface area (Å²) in [5.41, 5.74) is 5.42. The van der Waals surface area contributed by atoms with Crippen LogP contribution < -0.4 is 15.5 Å². The van der Waals surface area contributed by atoms with Crippen LogP contribution in [0.3, 0.4) is 0 Å². The Hall–Kier alpha value is -2.76. The quantitative estimate of drug-likeness (QED) is 0.334. The second-order valence-corrected chi connectivity index (χ2v) is 9.55. The lowest BCUT2D eigenvalue weighted by atomic mass is 9.93. The molecule has 0 aliphatic carbocycles. The van der Waals surface area contributed by atoms with Crippen LogP contribution in [0, 0.1) is 12.3 Å². The first kappa shape index (κ1) is 24.4. The molecule has 0 atom stereocenters. The predicted molar refractivity (Wildman–Crippen MR) is 144 cm³/mol. The molecule has 2 aromatic carbocycles. The summed E-state index contributed by atoms with van der Waals surface area (Å²) in [7, 11) is 0. The van der Waals surface area contributed by atoms with Crippen LogP contribution in [0.5, 0.6) is 0 Å². The number of carbonyl (C=O) groups is 1. The van der Waals surface area contributed by atoms with E-state index >= 15 is 0 Å². The van der Waals surface area contributed by atoms with E-state index in [0.717, 1.165) is 30.8 Å². The minimum Gasteiger partial charge on any atom is -0.324 e. The number of amides is 1. The summed E-state index contributed by atoms with van der Waals surface area (Å²) in [6.07, 6.45) is 7.10. The molecule has 2 heterocycles. The van der Waals surface area contributed by atoms with Crippen molar-refractivity contribution in [2.45, 2.75) is 26.3 Å². The highest BCUT2D eigenvalue weighted by molar-refractivity contribution is 8.03. The number of anilines is 2. The van der Waals surface area contributed by atoms with E-state index in [0.29, 0.717) is 44.6 Å². The van der Waals surface area contributed by atoms with Crippen LogP contribution in [0.1, 0.15) is 23.6 Å². The molecule has 0 saturated carbocycles. The van der Waals surface area contributed by atoms with E-state index in [4.69, 9.17) is 29.6 Å². The van der Waals surface area contributed by atoms with E-state index < -0.39 is 0 Å². The third kappa shape index (κ3) is 5.01. The van der Waals surface area contributed by atoms with Crippen LogP contribution in [0.15, 0.2) is 50.9 Å². The SMILES string of the molecule is C#CCc1cc(N/C(N=C)=N/C2=C(C)C(=O)N(c3c(Cl)cccc3Cl)CS2)cc2c1CCNC2. The molecule has 2 N–H and O–H groups in total. The number of thioether (sulfide) groups is 1. The van der Waals surface area contributed by atoms with Gasteiger partial charge in [-0.2, -0.15) is 0 Å². The molecule has 0 fully saturated rings. The lowest BCUT2D eigenvalue weighted by Crippen LogP contribution is -2.35. The molecule has 0 spiro atoms. The molecule has 2 aromatic rings. The van der Waals surface area contributed by atoms with Crippen LogP contribution >= 0.6 is 35.0 Å². The van der Waals surface area contributed by atoms with Gasteiger partial charge in [-0.05, 0) is 67.6 Å². The van der Waals surface area contributed by atoms with Crippen LogP contribution in [-0.2, 0) is 24.2 Å². The van der Waals surface area contributed by atoms with E-state index in [9.17, 15) is 4.79 Å². The van der Waals surface area contributed by atoms with E-state index in [-0.39, 0.29) is 5.91 Å². The Balaban J connectivity index is 1.61. The highest BCUT2D eigenvalue weighted by Crippen LogP contribution is 2.39. The fourth-order valence-electron chi connectivity index (χ4n) is 4.00. The molecular weight excluding hydrogens is 489 g/mol. The second-order valence-electron chi connectivity index (χ2n) is 7.81. The third-order valence-corrected chi connectivity index (χ3v) is 7.30. The zero-order valence-corrected chi connectivity index (χ0v) is 20.9. The number of rotatable bonds is 4. The lowest BCUT2D eigenvalue weighted by molar-refractivity contribution is -0.115. The monoisotopic (exact) mass is 511 g/mol. The standard InChI is InChI=1S/C25H23Cl2N5OS/c1-4-6-16-11-18(12-17-13-29-10-9-19(16)17)30-25(28-3)31-23-15(2)24(33)32(14-34-23)22-20(26)7-5-8-21(22)27/h1,5,7-8,11-12,29H,3,6,9-10,13-14H2,2H3,(H,30,31). The van der Waals surface area contributed by atoms with Gasteiger partial charge in [-0.25, -0.2) is 9.98 Å². The minimum atomic E-state index is -0.216. The fourth-order valence-corrected chi connectivity index (χ4v) is 5.55. The third-order valence-electron chi connectivity index (χ3n) is 5.63.